The molecule has 0 aromatic carbocycles. The minimum Gasteiger partial charge on any atom is -0.480 e. The SMILES string of the molecule is C[C@H](C(=O)O)N(C(=O)CC[C@H](N)C(=O)O)C(C)(C)C. The molecule has 0 heterocycles. The molecule has 0 rings (SSSR count). The minimum atomic E-state index is -1.18. The number of nitrogens with two attached hydrogens (primary N) is 1. The van der Waals surface area contributed by atoms with Crippen molar-refractivity contribution in [1.82, 2.24) is 4.90 Å². The van der Waals surface area contributed by atoms with Gasteiger partial charge in [0.15, 0.2) is 0 Å². The largest absolute Gasteiger partial charge is 0.480 e. The van der Waals surface area contributed by atoms with Gasteiger partial charge in [0.25, 0.3) is 0 Å². The van der Waals surface area contributed by atoms with Gasteiger partial charge in [-0.05, 0) is 34.1 Å². The Morgan fingerprint density at radius 1 is 1.16 bits per heavy atom. The van der Waals surface area contributed by atoms with E-state index in [1.807, 2.05) is 0 Å². The summed E-state index contributed by atoms with van der Waals surface area (Å²) in [5, 5.41) is 17.7. The Balaban J connectivity index is 4.85. The van der Waals surface area contributed by atoms with Gasteiger partial charge < -0.3 is 20.8 Å². The zero-order valence-electron chi connectivity index (χ0n) is 11.7. The van der Waals surface area contributed by atoms with Crippen LogP contribution in [0, 0.1) is 0 Å². The number of hydrogen-bond acceptors (Lipinski definition) is 4. The number of nitrogens with zero attached hydrogens (tertiary/aromatic N) is 1. The van der Waals surface area contributed by atoms with Crippen LogP contribution in [0.15, 0.2) is 0 Å². The maximum Gasteiger partial charge on any atom is 0.326 e. The van der Waals surface area contributed by atoms with Crippen molar-refractivity contribution in [2.75, 3.05) is 0 Å². The number of rotatable bonds is 6. The van der Waals surface area contributed by atoms with Crippen molar-refractivity contribution in [2.45, 2.75) is 58.2 Å². The van der Waals surface area contributed by atoms with E-state index in [0.29, 0.717) is 0 Å². The molecule has 19 heavy (non-hydrogen) atoms. The highest BCUT2D eigenvalue weighted by atomic mass is 16.4. The van der Waals surface area contributed by atoms with Gasteiger partial charge in [0.1, 0.15) is 12.1 Å². The van der Waals surface area contributed by atoms with Crippen LogP contribution in [0.1, 0.15) is 40.5 Å². The fraction of sp³-hybridized carbons (Fsp3) is 0.750. The molecule has 110 valence electrons. The van der Waals surface area contributed by atoms with Crippen LogP contribution in [-0.4, -0.2) is 50.6 Å². The topological polar surface area (TPSA) is 121 Å². The normalized spacial score (nSPS) is 14.6. The third-order valence-corrected chi connectivity index (χ3v) is 2.72. The van der Waals surface area contributed by atoms with E-state index in [2.05, 4.69) is 0 Å². The zero-order chi connectivity index (χ0) is 15.4. The molecule has 0 aliphatic carbocycles. The van der Waals surface area contributed by atoms with E-state index >= 15 is 0 Å². The fourth-order valence-electron chi connectivity index (χ4n) is 1.80. The Labute approximate surface area is 112 Å². The average molecular weight is 274 g/mol. The van der Waals surface area contributed by atoms with Crippen molar-refractivity contribution in [2.24, 2.45) is 5.73 Å². The molecule has 7 nitrogen and oxygen atoms in total. The lowest BCUT2D eigenvalue weighted by Gasteiger charge is -2.38. The molecule has 0 saturated heterocycles. The van der Waals surface area contributed by atoms with Crippen LogP contribution in [0.3, 0.4) is 0 Å². The van der Waals surface area contributed by atoms with Crippen LogP contribution in [0.5, 0.6) is 0 Å². The molecular weight excluding hydrogens is 252 g/mol. The second kappa shape index (κ2) is 6.51. The Morgan fingerprint density at radius 3 is 1.95 bits per heavy atom. The van der Waals surface area contributed by atoms with Gasteiger partial charge in [0, 0.05) is 12.0 Å². The van der Waals surface area contributed by atoms with E-state index in [1.165, 1.54) is 11.8 Å². The van der Waals surface area contributed by atoms with Crippen molar-refractivity contribution in [3.63, 3.8) is 0 Å². The van der Waals surface area contributed by atoms with Gasteiger partial charge in [0.2, 0.25) is 5.91 Å². The van der Waals surface area contributed by atoms with Crippen LogP contribution in [0.2, 0.25) is 0 Å². The molecule has 0 aromatic heterocycles. The van der Waals surface area contributed by atoms with Crippen molar-refractivity contribution in [3.8, 4) is 0 Å². The van der Waals surface area contributed by atoms with E-state index in [4.69, 9.17) is 15.9 Å². The quantitative estimate of drug-likeness (QED) is 0.639. The first-order valence-electron chi connectivity index (χ1n) is 6.01. The van der Waals surface area contributed by atoms with Gasteiger partial charge in [-0.2, -0.15) is 0 Å². The predicted molar refractivity (Wildman–Crippen MR) is 68.5 cm³/mol. The second-order valence-electron chi connectivity index (χ2n) is 5.43. The third-order valence-electron chi connectivity index (χ3n) is 2.72. The van der Waals surface area contributed by atoms with Crippen LogP contribution in [0.25, 0.3) is 0 Å². The van der Waals surface area contributed by atoms with Gasteiger partial charge in [0.05, 0.1) is 0 Å². The number of carboxylic acid groups (broad SMARTS) is 2. The van der Waals surface area contributed by atoms with Gasteiger partial charge in [-0.1, -0.05) is 0 Å². The summed E-state index contributed by atoms with van der Waals surface area (Å²) in [6, 6.07) is -2.10. The molecule has 0 radical (unpaired) electrons. The van der Waals surface area contributed by atoms with Crippen LogP contribution >= 0.6 is 0 Å². The molecule has 1 amide bonds. The zero-order valence-corrected chi connectivity index (χ0v) is 11.7. The highest BCUT2D eigenvalue weighted by Crippen LogP contribution is 2.19. The van der Waals surface area contributed by atoms with Crippen molar-refractivity contribution >= 4 is 17.8 Å². The lowest BCUT2D eigenvalue weighted by atomic mass is 10.0. The summed E-state index contributed by atoms with van der Waals surface area (Å²) in [6.45, 7) is 6.59. The van der Waals surface area contributed by atoms with E-state index in [1.54, 1.807) is 20.8 Å². The number of aliphatic carboxylic acids is 2. The van der Waals surface area contributed by atoms with Crippen LogP contribution < -0.4 is 5.73 Å². The molecule has 0 aromatic rings. The Morgan fingerprint density at radius 2 is 1.63 bits per heavy atom. The molecule has 0 spiro atoms. The molecule has 4 N–H and O–H groups in total. The van der Waals surface area contributed by atoms with Crippen molar-refractivity contribution in [1.29, 1.82) is 0 Å². The van der Waals surface area contributed by atoms with Gasteiger partial charge >= 0.3 is 11.9 Å². The maximum absolute atomic E-state index is 12.1. The van der Waals surface area contributed by atoms with Gasteiger partial charge in [-0.25, -0.2) is 4.79 Å². The smallest absolute Gasteiger partial charge is 0.326 e. The summed E-state index contributed by atoms with van der Waals surface area (Å²) < 4.78 is 0. The molecule has 0 aliphatic rings. The summed E-state index contributed by atoms with van der Waals surface area (Å²) in [7, 11) is 0. The summed E-state index contributed by atoms with van der Waals surface area (Å²) in [6.07, 6.45) is -0.116. The fourth-order valence-corrected chi connectivity index (χ4v) is 1.80. The van der Waals surface area contributed by atoms with E-state index in [-0.39, 0.29) is 12.8 Å². The molecule has 7 heteroatoms. The number of carbonyl (C=O) groups is 3. The average Bonchev–Trinajstić information content (AvgIpc) is 2.23. The molecule has 2 atom stereocenters. The minimum absolute atomic E-state index is 0.0207. The number of hydrogen-bond donors (Lipinski definition) is 3. The first kappa shape index (κ1) is 17.4. The van der Waals surface area contributed by atoms with Crippen LogP contribution in [-0.2, 0) is 14.4 Å². The summed E-state index contributed by atoms with van der Waals surface area (Å²) >= 11 is 0. The second-order valence-corrected chi connectivity index (χ2v) is 5.43. The first-order chi connectivity index (χ1) is 8.48. The molecule has 0 bridgehead atoms. The molecule has 0 saturated carbocycles. The Hall–Kier alpha value is -1.63. The molecule has 0 unspecified atom stereocenters. The summed E-state index contributed by atoms with van der Waals surface area (Å²) in [5.74, 6) is -2.70. The van der Waals surface area contributed by atoms with E-state index < -0.39 is 35.5 Å². The van der Waals surface area contributed by atoms with Gasteiger partial charge in [-0.3, -0.25) is 9.59 Å². The van der Waals surface area contributed by atoms with Crippen molar-refractivity contribution < 1.29 is 24.6 Å². The Kier molecular flexibility index (Phi) is 5.95. The van der Waals surface area contributed by atoms with Crippen LogP contribution in [0.4, 0.5) is 0 Å². The maximum atomic E-state index is 12.1. The third kappa shape index (κ3) is 5.25. The monoisotopic (exact) mass is 274 g/mol. The first-order valence-corrected chi connectivity index (χ1v) is 6.01. The summed E-state index contributed by atoms with van der Waals surface area (Å²) in [4.78, 5) is 34.9. The highest BCUT2D eigenvalue weighted by Gasteiger charge is 2.34. The highest BCUT2D eigenvalue weighted by molar-refractivity contribution is 5.84. The van der Waals surface area contributed by atoms with Gasteiger partial charge in [-0.15, -0.1) is 0 Å². The predicted octanol–water partition coefficient (Wildman–Crippen LogP) is 0.279. The molecular formula is C12H22N2O5. The van der Waals surface area contributed by atoms with E-state index in [9.17, 15) is 14.4 Å². The van der Waals surface area contributed by atoms with E-state index in [0.717, 1.165) is 0 Å². The summed E-state index contributed by atoms with van der Waals surface area (Å²) in [5.41, 5.74) is 4.66. The Bertz CT molecular complexity index is 362. The molecule has 0 fully saturated rings. The number of carboxylic acids is 2. The molecule has 0 aliphatic heterocycles. The van der Waals surface area contributed by atoms with Crippen molar-refractivity contribution in [3.05, 3.63) is 0 Å². The number of carbonyl (C=O) groups excluding carboxylic acids is 1. The standard InChI is InChI=1S/C12H22N2O5/c1-7(10(16)17)14(12(2,3)4)9(15)6-5-8(13)11(18)19/h7-8H,5-6,13H2,1-4H3,(H,16,17)(H,18,19)/t7-,8+/m1/s1. The number of amides is 1. The lowest BCUT2D eigenvalue weighted by molar-refractivity contribution is -0.154. The lowest BCUT2D eigenvalue weighted by Crippen LogP contribution is -2.53.